The molecule has 0 unspecified atom stereocenters. The molecule has 0 bridgehead atoms. The summed E-state index contributed by atoms with van der Waals surface area (Å²) in [5, 5.41) is 10.1. The second kappa shape index (κ2) is 9.18. The van der Waals surface area contributed by atoms with Gasteiger partial charge in [-0.15, -0.1) is 11.3 Å². The van der Waals surface area contributed by atoms with E-state index in [0.717, 1.165) is 21.4 Å². The molecule has 0 saturated heterocycles. The van der Waals surface area contributed by atoms with Crippen LogP contribution in [0.4, 0.5) is 14.6 Å². The second-order valence-electron chi connectivity index (χ2n) is 7.61. The molecule has 0 fully saturated rings. The first kappa shape index (κ1) is 22.0. The van der Waals surface area contributed by atoms with Gasteiger partial charge >= 0.3 is 0 Å². The number of amides is 1. The molecule has 34 heavy (non-hydrogen) atoms. The van der Waals surface area contributed by atoms with Crippen LogP contribution in [0.2, 0.25) is 0 Å². The van der Waals surface area contributed by atoms with Crippen LogP contribution in [0.5, 0.6) is 5.75 Å². The topological polar surface area (TPSA) is 94.0 Å². The number of pyridine rings is 1. The Morgan fingerprint density at radius 3 is 2.91 bits per heavy atom. The number of fused-ring (bicyclic) bond motifs is 3. The van der Waals surface area contributed by atoms with Crippen molar-refractivity contribution in [3.05, 3.63) is 59.9 Å². The van der Waals surface area contributed by atoms with Crippen LogP contribution in [-0.4, -0.2) is 45.4 Å². The molecule has 0 radical (unpaired) electrons. The summed E-state index contributed by atoms with van der Waals surface area (Å²) >= 11 is 1.46. The zero-order chi connectivity index (χ0) is 23.7. The molecule has 1 amide bonds. The standard InChI is InChI=1S/C23H20F2N6O2S/c1-13(32)26-7-8-27-20-5-4-18-21(30-20)22-14(6-9-33-18)10-19(34-22)23-28-12-29-31(23)17-3-2-15(24)11-16(17)25/h2-5,10-12H,6-9H2,1H3,(H,26,32)(H,27,30). The summed E-state index contributed by atoms with van der Waals surface area (Å²) in [5.41, 5.74) is 1.85. The van der Waals surface area contributed by atoms with Gasteiger partial charge in [0.2, 0.25) is 5.91 Å². The van der Waals surface area contributed by atoms with E-state index in [0.29, 0.717) is 49.2 Å². The van der Waals surface area contributed by atoms with Crippen molar-refractivity contribution in [2.75, 3.05) is 25.0 Å². The minimum Gasteiger partial charge on any atom is -0.491 e. The third-order valence-electron chi connectivity index (χ3n) is 5.22. The van der Waals surface area contributed by atoms with Crippen LogP contribution in [0.15, 0.2) is 42.7 Å². The lowest BCUT2D eigenvalue weighted by Gasteiger charge is -2.10. The summed E-state index contributed by atoms with van der Waals surface area (Å²) < 4.78 is 35.1. The number of benzene rings is 1. The van der Waals surface area contributed by atoms with Crippen LogP contribution >= 0.6 is 11.3 Å². The Kier molecular flexibility index (Phi) is 5.93. The Labute approximate surface area is 197 Å². The van der Waals surface area contributed by atoms with Gasteiger partial charge in [0, 0.05) is 32.5 Å². The van der Waals surface area contributed by atoms with E-state index in [-0.39, 0.29) is 11.6 Å². The van der Waals surface area contributed by atoms with E-state index in [1.807, 2.05) is 18.2 Å². The molecule has 1 aromatic carbocycles. The Morgan fingerprint density at radius 2 is 2.09 bits per heavy atom. The number of nitrogens with one attached hydrogen (secondary N) is 2. The fourth-order valence-electron chi connectivity index (χ4n) is 3.69. The fourth-order valence-corrected chi connectivity index (χ4v) is 4.87. The van der Waals surface area contributed by atoms with E-state index in [1.165, 1.54) is 41.4 Å². The van der Waals surface area contributed by atoms with Gasteiger partial charge in [0.25, 0.3) is 0 Å². The average molecular weight is 483 g/mol. The third-order valence-corrected chi connectivity index (χ3v) is 6.40. The van der Waals surface area contributed by atoms with Gasteiger partial charge in [-0.2, -0.15) is 5.10 Å². The fraction of sp³-hybridized carbons (Fsp3) is 0.217. The molecule has 4 aromatic rings. The quantitative estimate of drug-likeness (QED) is 0.406. The van der Waals surface area contributed by atoms with Crippen molar-refractivity contribution >= 4 is 23.1 Å². The molecule has 8 nitrogen and oxygen atoms in total. The average Bonchev–Trinajstić information content (AvgIpc) is 3.41. The second-order valence-corrected chi connectivity index (χ2v) is 8.66. The molecule has 5 rings (SSSR count). The summed E-state index contributed by atoms with van der Waals surface area (Å²) in [6.45, 7) is 2.97. The SMILES string of the molecule is CC(=O)NCCNc1ccc2c(n1)-c1sc(-c3ncnn3-c3ccc(F)cc3F)cc1CCO2. The van der Waals surface area contributed by atoms with Crippen LogP contribution < -0.4 is 15.4 Å². The van der Waals surface area contributed by atoms with Crippen molar-refractivity contribution in [3.63, 3.8) is 0 Å². The van der Waals surface area contributed by atoms with Crippen LogP contribution in [0.1, 0.15) is 12.5 Å². The molecule has 0 saturated carbocycles. The first-order valence-electron chi connectivity index (χ1n) is 10.6. The summed E-state index contributed by atoms with van der Waals surface area (Å²) in [7, 11) is 0. The number of ether oxygens (including phenoxy) is 1. The van der Waals surface area contributed by atoms with Gasteiger partial charge in [0.1, 0.15) is 35.1 Å². The maximum absolute atomic E-state index is 14.4. The highest BCUT2D eigenvalue weighted by molar-refractivity contribution is 7.19. The van der Waals surface area contributed by atoms with E-state index in [2.05, 4.69) is 20.7 Å². The zero-order valence-electron chi connectivity index (χ0n) is 18.1. The summed E-state index contributed by atoms with van der Waals surface area (Å²) in [6, 6.07) is 9.03. The van der Waals surface area contributed by atoms with Gasteiger partial charge in [0.15, 0.2) is 11.6 Å². The molecule has 1 aliphatic heterocycles. The van der Waals surface area contributed by atoms with Gasteiger partial charge in [-0.05, 0) is 35.9 Å². The molecule has 3 aromatic heterocycles. The maximum atomic E-state index is 14.4. The Morgan fingerprint density at radius 1 is 1.21 bits per heavy atom. The monoisotopic (exact) mass is 482 g/mol. The number of anilines is 1. The van der Waals surface area contributed by atoms with E-state index in [9.17, 15) is 13.6 Å². The van der Waals surface area contributed by atoms with Crippen LogP contribution in [-0.2, 0) is 11.2 Å². The molecule has 1 aliphatic rings. The Balaban J connectivity index is 1.49. The number of hydrogen-bond acceptors (Lipinski definition) is 7. The highest BCUT2D eigenvalue weighted by atomic mass is 32.1. The molecule has 0 atom stereocenters. The first-order chi connectivity index (χ1) is 16.5. The van der Waals surface area contributed by atoms with Crippen molar-refractivity contribution in [3.8, 4) is 32.7 Å². The van der Waals surface area contributed by atoms with Crippen molar-refractivity contribution in [1.82, 2.24) is 25.1 Å². The third kappa shape index (κ3) is 4.34. The maximum Gasteiger partial charge on any atom is 0.216 e. The van der Waals surface area contributed by atoms with Crippen LogP contribution in [0.3, 0.4) is 0 Å². The van der Waals surface area contributed by atoms with Gasteiger partial charge in [-0.1, -0.05) is 0 Å². The lowest BCUT2D eigenvalue weighted by Crippen LogP contribution is -2.26. The van der Waals surface area contributed by atoms with E-state index >= 15 is 0 Å². The number of carbonyl (C=O) groups excluding carboxylic acids is 1. The van der Waals surface area contributed by atoms with Crippen molar-refractivity contribution in [2.24, 2.45) is 0 Å². The highest BCUT2D eigenvalue weighted by Gasteiger charge is 2.23. The number of hydrogen-bond donors (Lipinski definition) is 2. The molecule has 4 heterocycles. The van der Waals surface area contributed by atoms with Gasteiger partial charge in [-0.3, -0.25) is 4.79 Å². The molecule has 2 N–H and O–H groups in total. The van der Waals surface area contributed by atoms with Gasteiger partial charge < -0.3 is 15.4 Å². The summed E-state index contributed by atoms with van der Waals surface area (Å²) in [4.78, 5) is 21.8. The lowest BCUT2D eigenvalue weighted by atomic mass is 10.1. The normalized spacial score (nSPS) is 12.3. The predicted molar refractivity (Wildman–Crippen MR) is 124 cm³/mol. The molecule has 0 aliphatic carbocycles. The Bertz CT molecular complexity index is 1370. The van der Waals surface area contributed by atoms with E-state index in [1.54, 1.807) is 0 Å². The first-order valence-corrected chi connectivity index (χ1v) is 11.4. The van der Waals surface area contributed by atoms with Crippen molar-refractivity contribution in [2.45, 2.75) is 13.3 Å². The molecule has 11 heteroatoms. The minimum absolute atomic E-state index is 0.0887. The number of rotatable bonds is 6. The van der Waals surface area contributed by atoms with E-state index in [4.69, 9.17) is 9.72 Å². The number of nitrogens with zero attached hydrogens (tertiary/aromatic N) is 4. The number of thiophene rings is 1. The largest absolute Gasteiger partial charge is 0.491 e. The number of aromatic nitrogens is 4. The van der Waals surface area contributed by atoms with Crippen LogP contribution in [0, 0.1) is 11.6 Å². The number of carbonyl (C=O) groups is 1. The van der Waals surface area contributed by atoms with Crippen molar-refractivity contribution < 1.29 is 18.3 Å². The van der Waals surface area contributed by atoms with Crippen molar-refractivity contribution in [1.29, 1.82) is 0 Å². The zero-order valence-corrected chi connectivity index (χ0v) is 19.0. The molecular formula is C23H20F2N6O2S. The highest BCUT2D eigenvalue weighted by Crippen LogP contribution is 2.43. The molecular weight excluding hydrogens is 462 g/mol. The van der Waals surface area contributed by atoms with Gasteiger partial charge in [-0.25, -0.2) is 23.4 Å². The molecule has 174 valence electrons. The minimum atomic E-state index is -0.722. The number of halogens is 2. The summed E-state index contributed by atoms with van der Waals surface area (Å²) in [6.07, 6.45) is 2.02. The Hall–Kier alpha value is -3.86. The van der Waals surface area contributed by atoms with Crippen LogP contribution in [0.25, 0.3) is 27.0 Å². The summed E-state index contributed by atoms with van der Waals surface area (Å²) in [5.74, 6) is 0.317. The van der Waals surface area contributed by atoms with E-state index < -0.39 is 11.6 Å². The lowest BCUT2D eigenvalue weighted by molar-refractivity contribution is -0.118. The molecule has 0 spiro atoms. The van der Waals surface area contributed by atoms with Gasteiger partial charge in [0.05, 0.1) is 16.4 Å². The smallest absolute Gasteiger partial charge is 0.216 e. The predicted octanol–water partition coefficient (Wildman–Crippen LogP) is 3.82.